The van der Waals surface area contributed by atoms with Crippen LogP contribution in [0.5, 0.6) is 5.75 Å². The number of aryl methyl sites for hydroxylation is 1. The van der Waals surface area contributed by atoms with Crippen molar-refractivity contribution in [2.45, 2.75) is 19.6 Å². The second kappa shape index (κ2) is 5.71. The molecule has 0 aliphatic heterocycles. The molecule has 5 heteroatoms. The van der Waals surface area contributed by atoms with Crippen molar-refractivity contribution in [2.75, 3.05) is 7.11 Å². The predicted octanol–water partition coefficient (Wildman–Crippen LogP) is 2.60. The standard InChI is InChI=1S/C13H15IN2O2/c1-3-16-12(11(18-2)8-15-16)13(17)9-4-6-10(14)7-5-9/h4-8,13,17H,3H2,1-2H3. The normalized spacial score (nSPS) is 12.4. The predicted molar refractivity (Wildman–Crippen MR) is 77.7 cm³/mol. The van der Waals surface area contributed by atoms with Crippen LogP contribution in [0.25, 0.3) is 0 Å². The van der Waals surface area contributed by atoms with E-state index in [-0.39, 0.29) is 0 Å². The van der Waals surface area contributed by atoms with Gasteiger partial charge in [0.05, 0.1) is 13.3 Å². The van der Waals surface area contributed by atoms with E-state index in [1.54, 1.807) is 18.0 Å². The number of rotatable bonds is 4. The Morgan fingerprint density at radius 3 is 2.61 bits per heavy atom. The number of nitrogens with zero attached hydrogens (tertiary/aromatic N) is 2. The lowest BCUT2D eigenvalue weighted by atomic mass is 10.1. The van der Waals surface area contributed by atoms with Gasteiger partial charge in [0.2, 0.25) is 0 Å². The van der Waals surface area contributed by atoms with E-state index in [9.17, 15) is 5.11 Å². The van der Waals surface area contributed by atoms with Crippen molar-refractivity contribution in [3.63, 3.8) is 0 Å². The maximum absolute atomic E-state index is 10.5. The van der Waals surface area contributed by atoms with Crippen molar-refractivity contribution in [1.29, 1.82) is 0 Å². The molecule has 0 radical (unpaired) electrons. The molecule has 1 heterocycles. The van der Waals surface area contributed by atoms with Gasteiger partial charge in [-0.2, -0.15) is 5.10 Å². The summed E-state index contributed by atoms with van der Waals surface area (Å²) in [5.41, 5.74) is 1.53. The molecule has 0 saturated heterocycles. The lowest BCUT2D eigenvalue weighted by Gasteiger charge is -2.14. The molecule has 1 atom stereocenters. The smallest absolute Gasteiger partial charge is 0.163 e. The molecule has 0 fully saturated rings. The van der Waals surface area contributed by atoms with Gasteiger partial charge in [0.25, 0.3) is 0 Å². The molecule has 4 nitrogen and oxygen atoms in total. The van der Waals surface area contributed by atoms with E-state index >= 15 is 0 Å². The van der Waals surface area contributed by atoms with E-state index < -0.39 is 6.10 Å². The summed E-state index contributed by atoms with van der Waals surface area (Å²) >= 11 is 2.24. The van der Waals surface area contributed by atoms with Crippen LogP contribution in [0, 0.1) is 3.57 Å². The lowest BCUT2D eigenvalue weighted by Crippen LogP contribution is -2.10. The van der Waals surface area contributed by atoms with Gasteiger partial charge in [-0.15, -0.1) is 0 Å². The topological polar surface area (TPSA) is 47.3 Å². The van der Waals surface area contributed by atoms with Crippen LogP contribution in [0.1, 0.15) is 24.3 Å². The summed E-state index contributed by atoms with van der Waals surface area (Å²) in [5, 5.41) is 14.7. The van der Waals surface area contributed by atoms with Gasteiger partial charge >= 0.3 is 0 Å². The van der Waals surface area contributed by atoms with Gasteiger partial charge in [-0.1, -0.05) is 12.1 Å². The van der Waals surface area contributed by atoms with Gasteiger partial charge in [0, 0.05) is 10.1 Å². The first-order valence-electron chi connectivity index (χ1n) is 5.70. The van der Waals surface area contributed by atoms with Gasteiger partial charge in [-0.05, 0) is 47.2 Å². The Labute approximate surface area is 120 Å². The van der Waals surface area contributed by atoms with E-state index in [0.717, 1.165) is 9.13 Å². The maximum Gasteiger partial charge on any atom is 0.163 e. The monoisotopic (exact) mass is 358 g/mol. The summed E-state index contributed by atoms with van der Waals surface area (Å²) in [6.45, 7) is 2.68. The summed E-state index contributed by atoms with van der Waals surface area (Å²) in [4.78, 5) is 0. The largest absolute Gasteiger partial charge is 0.493 e. The highest BCUT2D eigenvalue weighted by Gasteiger charge is 2.20. The van der Waals surface area contributed by atoms with Crippen molar-refractivity contribution >= 4 is 22.6 Å². The molecule has 1 aromatic heterocycles. The minimum Gasteiger partial charge on any atom is -0.493 e. The number of ether oxygens (including phenoxy) is 1. The molecule has 1 unspecified atom stereocenters. The minimum atomic E-state index is -0.723. The van der Waals surface area contributed by atoms with Gasteiger partial charge < -0.3 is 9.84 Å². The number of aromatic nitrogens is 2. The van der Waals surface area contributed by atoms with Crippen molar-refractivity contribution in [2.24, 2.45) is 0 Å². The molecule has 0 aliphatic rings. The molecule has 0 aliphatic carbocycles. The first-order chi connectivity index (χ1) is 8.67. The third-order valence-corrected chi connectivity index (χ3v) is 3.53. The third-order valence-electron chi connectivity index (χ3n) is 2.81. The Kier molecular flexibility index (Phi) is 4.23. The molecule has 2 aromatic rings. The SMILES string of the molecule is CCn1ncc(OC)c1C(O)c1ccc(I)cc1. The molecule has 0 bridgehead atoms. The Morgan fingerprint density at radius 2 is 2.06 bits per heavy atom. The fourth-order valence-electron chi connectivity index (χ4n) is 1.87. The average molecular weight is 358 g/mol. The molecule has 96 valence electrons. The number of halogens is 1. The fourth-order valence-corrected chi connectivity index (χ4v) is 2.23. The number of aliphatic hydroxyl groups is 1. The van der Waals surface area contributed by atoms with Crippen molar-refractivity contribution in [3.05, 3.63) is 45.3 Å². The maximum atomic E-state index is 10.5. The van der Waals surface area contributed by atoms with Crippen LogP contribution in [0.15, 0.2) is 30.5 Å². The van der Waals surface area contributed by atoms with Gasteiger partial charge in [0.1, 0.15) is 11.8 Å². The molecule has 0 saturated carbocycles. The van der Waals surface area contributed by atoms with Crippen molar-refractivity contribution in [1.82, 2.24) is 9.78 Å². The zero-order chi connectivity index (χ0) is 13.1. The van der Waals surface area contributed by atoms with E-state index in [0.29, 0.717) is 18.0 Å². The van der Waals surface area contributed by atoms with E-state index in [2.05, 4.69) is 27.7 Å². The summed E-state index contributed by atoms with van der Waals surface area (Å²) in [6, 6.07) is 7.77. The highest BCUT2D eigenvalue weighted by Crippen LogP contribution is 2.30. The molecule has 1 aromatic carbocycles. The van der Waals surface area contributed by atoms with Crippen molar-refractivity contribution < 1.29 is 9.84 Å². The lowest BCUT2D eigenvalue weighted by molar-refractivity contribution is 0.202. The number of hydrogen-bond acceptors (Lipinski definition) is 3. The van der Waals surface area contributed by atoms with Crippen LogP contribution in [-0.2, 0) is 6.54 Å². The first-order valence-corrected chi connectivity index (χ1v) is 6.78. The molecule has 18 heavy (non-hydrogen) atoms. The summed E-state index contributed by atoms with van der Waals surface area (Å²) in [7, 11) is 1.58. The second-order valence-electron chi connectivity index (χ2n) is 3.87. The second-order valence-corrected chi connectivity index (χ2v) is 5.11. The van der Waals surface area contributed by atoms with Gasteiger partial charge in [-0.25, -0.2) is 0 Å². The molecule has 0 amide bonds. The Balaban J connectivity index is 2.41. The quantitative estimate of drug-likeness (QED) is 0.855. The van der Waals surface area contributed by atoms with Crippen LogP contribution in [0.3, 0.4) is 0 Å². The van der Waals surface area contributed by atoms with Crippen LogP contribution in [-0.4, -0.2) is 22.0 Å². The average Bonchev–Trinajstić information content (AvgIpc) is 2.81. The Morgan fingerprint density at radius 1 is 1.39 bits per heavy atom. The molecular formula is C13H15IN2O2. The Bertz CT molecular complexity index is 501. The Hall–Kier alpha value is -1.08. The van der Waals surface area contributed by atoms with Gasteiger partial charge in [0.15, 0.2) is 5.75 Å². The highest BCUT2D eigenvalue weighted by atomic mass is 127. The van der Waals surface area contributed by atoms with Crippen LogP contribution < -0.4 is 4.74 Å². The number of aliphatic hydroxyl groups excluding tert-OH is 1. The highest BCUT2D eigenvalue weighted by molar-refractivity contribution is 14.1. The van der Waals surface area contributed by atoms with Crippen LogP contribution in [0.4, 0.5) is 0 Å². The molecule has 0 spiro atoms. The van der Waals surface area contributed by atoms with Crippen molar-refractivity contribution in [3.8, 4) is 5.75 Å². The zero-order valence-corrected chi connectivity index (χ0v) is 12.5. The fraction of sp³-hybridized carbons (Fsp3) is 0.308. The molecular weight excluding hydrogens is 343 g/mol. The third kappa shape index (κ3) is 2.51. The summed E-state index contributed by atoms with van der Waals surface area (Å²) in [5.74, 6) is 0.614. The zero-order valence-electron chi connectivity index (χ0n) is 10.3. The summed E-state index contributed by atoms with van der Waals surface area (Å²) < 4.78 is 8.14. The first kappa shape index (κ1) is 13.4. The van der Waals surface area contributed by atoms with E-state index in [1.807, 2.05) is 31.2 Å². The minimum absolute atomic E-state index is 0.614. The number of benzene rings is 1. The number of methoxy groups -OCH3 is 1. The van der Waals surface area contributed by atoms with E-state index in [4.69, 9.17) is 4.74 Å². The van der Waals surface area contributed by atoms with Crippen LogP contribution >= 0.6 is 22.6 Å². The summed E-state index contributed by atoms with van der Waals surface area (Å²) in [6.07, 6.45) is 0.911. The van der Waals surface area contributed by atoms with E-state index in [1.165, 1.54) is 0 Å². The van der Waals surface area contributed by atoms with Crippen LogP contribution in [0.2, 0.25) is 0 Å². The molecule has 1 N–H and O–H groups in total. The number of hydrogen-bond donors (Lipinski definition) is 1. The van der Waals surface area contributed by atoms with Gasteiger partial charge in [-0.3, -0.25) is 4.68 Å². The molecule has 2 rings (SSSR count).